The molecule has 0 aliphatic carbocycles. The fourth-order valence-electron chi connectivity index (χ4n) is 2.43. The van der Waals surface area contributed by atoms with Crippen molar-refractivity contribution in [3.63, 3.8) is 0 Å². The van der Waals surface area contributed by atoms with Crippen LogP contribution in [0.2, 0.25) is 0 Å². The number of hydrogen-bond acceptors (Lipinski definition) is 3. The van der Waals surface area contributed by atoms with Crippen LogP contribution in [0.5, 0.6) is 5.75 Å². The second-order valence-corrected chi connectivity index (χ2v) is 4.93. The zero-order valence-electron chi connectivity index (χ0n) is 11.7. The van der Waals surface area contributed by atoms with Gasteiger partial charge in [0.1, 0.15) is 5.75 Å². The molecule has 0 saturated heterocycles. The van der Waals surface area contributed by atoms with Crippen molar-refractivity contribution in [2.75, 3.05) is 0 Å². The van der Waals surface area contributed by atoms with E-state index in [9.17, 15) is 9.59 Å². The lowest BCUT2D eigenvalue weighted by Gasteiger charge is -2.09. The summed E-state index contributed by atoms with van der Waals surface area (Å²) in [6, 6.07) is 12.9. The van der Waals surface area contributed by atoms with Crippen LogP contribution in [0.15, 0.2) is 47.3 Å². The fourth-order valence-corrected chi connectivity index (χ4v) is 2.43. The number of aromatic amines is 1. The second kappa shape index (κ2) is 5.40. The van der Waals surface area contributed by atoms with Crippen molar-refractivity contribution in [3.8, 4) is 5.75 Å². The summed E-state index contributed by atoms with van der Waals surface area (Å²) in [4.78, 5) is 26.4. The van der Waals surface area contributed by atoms with Crippen LogP contribution in [-0.2, 0) is 4.79 Å². The number of ether oxygens (including phenoxy) is 1. The number of nitrogens with one attached hydrogen (secondary N) is 1. The molecule has 1 aromatic heterocycles. The van der Waals surface area contributed by atoms with Gasteiger partial charge >= 0.3 is 5.97 Å². The van der Waals surface area contributed by atoms with Crippen molar-refractivity contribution in [3.05, 3.63) is 52.8 Å². The van der Waals surface area contributed by atoms with E-state index in [2.05, 4.69) is 4.98 Å². The highest BCUT2D eigenvalue weighted by Crippen LogP contribution is 2.29. The van der Waals surface area contributed by atoms with Crippen LogP contribution in [0.25, 0.3) is 21.7 Å². The lowest BCUT2D eigenvalue weighted by atomic mass is 10.1. The highest BCUT2D eigenvalue weighted by molar-refractivity contribution is 6.07. The van der Waals surface area contributed by atoms with Gasteiger partial charge in [-0.3, -0.25) is 9.59 Å². The van der Waals surface area contributed by atoms with Crippen LogP contribution >= 0.6 is 0 Å². The van der Waals surface area contributed by atoms with Gasteiger partial charge in [0.2, 0.25) is 0 Å². The molecule has 0 radical (unpaired) electrons. The molecule has 2 aromatic carbocycles. The van der Waals surface area contributed by atoms with E-state index in [4.69, 9.17) is 4.74 Å². The monoisotopic (exact) mass is 281 g/mol. The predicted molar refractivity (Wildman–Crippen MR) is 82.6 cm³/mol. The Morgan fingerprint density at radius 3 is 2.76 bits per heavy atom. The van der Waals surface area contributed by atoms with E-state index in [0.717, 1.165) is 16.2 Å². The van der Waals surface area contributed by atoms with Gasteiger partial charge in [-0.05, 0) is 17.9 Å². The fraction of sp³-hybridized carbons (Fsp3) is 0.176. The number of carbonyl (C=O) groups is 1. The molecule has 0 fully saturated rings. The largest absolute Gasteiger partial charge is 0.426 e. The smallest absolute Gasteiger partial charge is 0.311 e. The minimum Gasteiger partial charge on any atom is -0.426 e. The average molecular weight is 281 g/mol. The summed E-state index contributed by atoms with van der Waals surface area (Å²) in [5.74, 6) is -0.00416. The third kappa shape index (κ3) is 2.52. The van der Waals surface area contributed by atoms with Gasteiger partial charge in [-0.1, -0.05) is 37.3 Å². The number of aromatic nitrogens is 1. The van der Waals surface area contributed by atoms with Crippen molar-refractivity contribution in [1.82, 2.24) is 4.98 Å². The molecule has 0 amide bonds. The summed E-state index contributed by atoms with van der Waals surface area (Å²) < 4.78 is 5.34. The molecule has 106 valence electrons. The second-order valence-electron chi connectivity index (χ2n) is 4.93. The average Bonchev–Trinajstić information content (AvgIpc) is 2.47. The van der Waals surface area contributed by atoms with E-state index in [1.165, 1.54) is 6.07 Å². The minimum atomic E-state index is -0.322. The van der Waals surface area contributed by atoms with Crippen LogP contribution in [0.1, 0.15) is 19.8 Å². The third-order valence-electron chi connectivity index (χ3n) is 3.38. The van der Waals surface area contributed by atoms with Crippen LogP contribution < -0.4 is 10.3 Å². The molecule has 21 heavy (non-hydrogen) atoms. The third-order valence-corrected chi connectivity index (χ3v) is 3.38. The Balaban J connectivity index is 2.23. The number of fused-ring (bicyclic) bond motifs is 3. The zero-order chi connectivity index (χ0) is 14.8. The lowest BCUT2D eigenvalue weighted by molar-refractivity contribution is -0.134. The highest BCUT2D eigenvalue weighted by Gasteiger charge is 2.11. The van der Waals surface area contributed by atoms with Crippen molar-refractivity contribution < 1.29 is 9.53 Å². The van der Waals surface area contributed by atoms with E-state index in [1.807, 2.05) is 43.3 Å². The first-order valence-electron chi connectivity index (χ1n) is 6.94. The molecule has 0 spiro atoms. The summed E-state index contributed by atoms with van der Waals surface area (Å²) in [7, 11) is 0. The van der Waals surface area contributed by atoms with E-state index < -0.39 is 0 Å². The van der Waals surface area contributed by atoms with Gasteiger partial charge in [-0.15, -0.1) is 0 Å². The quantitative estimate of drug-likeness (QED) is 0.591. The molecular weight excluding hydrogens is 266 g/mol. The summed E-state index contributed by atoms with van der Waals surface area (Å²) in [6.07, 6.45) is 1.05. The number of H-pyrrole nitrogens is 1. The van der Waals surface area contributed by atoms with Gasteiger partial charge in [0.25, 0.3) is 5.56 Å². The molecule has 3 aromatic rings. The summed E-state index contributed by atoms with van der Waals surface area (Å²) >= 11 is 0. The van der Waals surface area contributed by atoms with Crippen molar-refractivity contribution >= 4 is 27.6 Å². The van der Waals surface area contributed by atoms with Crippen LogP contribution in [0, 0.1) is 0 Å². The molecule has 1 heterocycles. The Bertz CT molecular complexity index is 880. The van der Waals surface area contributed by atoms with E-state index in [0.29, 0.717) is 24.1 Å². The zero-order valence-corrected chi connectivity index (χ0v) is 11.7. The van der Waals surface area contributed by atoms with Gasteiger partial charge < -0.3 is 9.72 Å². The standard InChI is InChI=1S/C17H15NO3/c1-2-5-16(20)21-14-10-15(19)18-17-12-7-4-3-6-11(12)8-9-13(14)17/h3-4,6-10H,2,5H2,1H3,(H,18,19). The van der Waals surface area contributed by atoms with Gasteiger partial charge in [-0.2, -0.15) is 0 Å². The topological polar surface area (TPSA) is 59.2 Å². The molecule has 0 aliphatic rings. The Morgan fingerprint density at radius 2 is 1.95 bits per heavy atom. The maximum Gasteiger partial charge on any atom is 0.311 e. The summed E-state index contributed by atoms with van der Waals surface area (Å²) in [5.41, 5.74) is 0.415. The number of rotatable bonds is 3. The van der Waals surface area contributed by atoms with Crippen molar-refractivity contribution in [2.24, 2.45) is 0 Å². The Hall–Kier alpha value is -2.62. The van der Waals surface area contributed by atoms with Gasteiger partial charge in [0.05, 0.1) is 5.52 Å². The highest BCUT2D eigenvalue weighted by atomic mass is 16.5. The Kier molecular flexibility index (Phi) is 3.44. The van der Waals surface area contributed by atoms with E-state index >= 15 is 0 Å². The normalized spacial score (nSPS) is 10.9. The van der Waals surface area contributed by atoms with Gasteiger partial charge in [0, 0.05) is 23.3 Å². The van der Waals surface area contributed by atoms with Gasteiger partial charge in [0.15, 0.2) is 0 Å². The first kappa shape index (κ1) is 13.4. The van der Waals surface area contributed by atoms with E-state index in [-0.39, 0.29) is 11.5 Å². The maximum atomic E-state index is 11.8. The van der Waals surface area contributed by atoms with Crippen LogP contribution in [0.3, 0.4) is 0 Å². The first-order chi connectivity index (χ1) is 10.2. The van der Waals surface area contributed by atoms with E-state index in [1.54, 1.807) is 0 Å². The summed E-state index contributed by atoms with van der Waals surface area (Å²) in [6.45, 7) is 1.91. The molecule has 3 rings (SSSR count). The number of esters is 1. The lowest BCUT2D eigenvalue weighted by Crippen LogP contribution is -2.11. The van der Waals surface area contributed by atoms with Crippen LogP contribution in [0.4, 0.5) is 0 Å². The number of carbonyl (C=O) groups excluding carboxylic acids is 1. The molecule has 0 saturated carbocycles. The Morgan fingerprint density at radius 1 is 1.14 bits per heavy atom. The maximum absolute atomic E-state index is 11.8. The summed E-state index contributed by atoms with van der Waals surface area (Å²) in [5, 5.41) is 2.69. The van der Waals surface area contributed by atoms with Crippen LogP contribution in [-0.4, -0.2) is 11.0 Å². The molecule has 0 atom stereocenters. The van der Waals surface area contributed by atoms with Gasteiger partial charge in [-0.25, -0.2) is 0 Å². The number of benzene rings is 2. The molecule has 0 bridgehead atoms. The molecule has 0 aliphatic heterocycles. The molecular formula is C17H15NO3. The predicted octanol–water partition coefficient (Wildman–Crippen LogP) is 3.39. The molecule has 4 nitrogen and oxygen atoms in total. The Labute approximate surface area is 121 Å². The number of hydrogen-bond donors (Lipinski definition) is 1. The molecule has 4 heteroatoms. The molecule has 0 unspecified atom stereocenters. The molecule has 1 N–H and O–H groups in total. The SMILES string of the molecule is CCCC(=O)Oc1cc(=O)[nH]c2c1ccc1ccccc12. The first-order valence-corrected chi connectivity index (χ1v) is 6.94. The van der Waals surface area contributed by atoms with Crippen molar-refractivity contribution in [1.29, 1.82) is 0 Å². The number of pyridine rings is 1. The minimum absolute atomic E-state index is 0.279. The van der Waals surface area contributed by atoms with Crippen molar-refractivity contribution in [2.45, 2.75) is 19.8 Å².